The fraction of sp³-hybridized carbons (Fsp3) is 0.556. The Morgan fingerprint density at radius 3 is 2.76 bits per heavy atom. The normalized spacial score (nSPS) is 18.3. The fourth-order valence-electron chi connectivity index (χ4n) is 3.27. The van der Waals surface area contributed by atoms with Gasteiger partial charge in [0.2, 0.25) is 5.82 Å². The highest BCUT2D eigenvalue weighted by Gasteiger charge is 2.24. The van der Waals surface area contributed by atoms with E-state index in [9.17, 15) is 4.79 Å². The number of carboxylic acid groups (broad SMARTS) is 1. The van der Waals surface area contributed by atoms with Gasteiger partial charge in [0.25, 0.3) is 0 Å². The molecule has 0 saturated carbocycles. The SMILES string of the molecule is O=C(O)C1CCCN(CCCCCn2nnc(-c3ccccc3)n2)C1. The van der Waals surface area contributed by atoms with Crippen molar-refractivity contribution in [2.24, 2.45) is 5.92 Å². The number of hydrogen-bond acceptors (Lipinski definition) is 5. The maximum absolute atomic E-state index is 11.1. The van der Waals surface area contributed by atoms with Gasteiger partial charge in [-0.1, -0.05) is 36.8 Å². The van der Waals surface area contributed by atoms with Gasteiger partial charge in [-0.15, -0.1) is 10.2 Å². The van der Waals surface area contributed by atoms with Gasteiger partial charge < -0.3 is 10.0 Å². The van der Waals surface area contributed by atoms with Gasteiger partial charge in [-0.25, -0.2) is 0 Å². The van der Waals surface area contributed by atoms with E-state index in [1.54, 1.807) is 4.80 Å². The second-order valence-corrected chi connectivity index (χ2v) is 6.61. The Kier molecular flexibility index (Phi) is 6.11. The van der Waals surface area contributed by atoms with E-state index in [0.29, 0.717) is 12.4 Å². The number of aryl methyl sites for hydroxylation is 1. The van der Waals surface area contributed by atoms with Crippen LogP contribution in [0.25, 0.3) is 11.4 Å². The molecule has 1 unspecified atom stereocenters. The molecule has 1 fully saturated rings. The van der Waals surface area contributed by atoms with Crippen LogP contribution in [0.3, 0.4) is 0 Å². The van der Waals surface area contributed by atoms with E-state index in [4.69, 9.17) is 5.11 Å². The van der Waals surface area contributed by atoms with Crippen LogP contribution in [0.5, 0.6) is 0 Å². The smallest absolute Gasteiger partial charge is 0.307 e. The molecular weight excluding hydrogens is 318 g/mol. The number of aromatic nitrogens is 4. The van der Waals surface area contributed by atoms with Crippen LogP contribution in [0.2, 0.25) is 0 Å². The van der Waals surface area contributed by atoms with Crippen LogP contribution in [0.4, 0.5) is 0 Å². The molecule has 0 radical (unpaired) electrons. The summed E-state index contributed by atoms with van der Waals surface area (Å²) in [7, 11) is 0. The monoisotopic (exact) mass is 343 g/mol. The standard InChI is InChI=1S/C18H25N5O2/c24-18(25)16-10-7-12-22(14-16)11-5-2-6-13-23-20-17(19-21-23)15-8-3-1-4-9-15/h1,3-4,8-9,16H,2,5-7,10-14H2,(H,24,25). The second kappa shape index (κ2) is 8.71. The van der Waals surface area contributed by atoms with Gasteiger partial charge in [-0.2, -0.15) is 4.80 Å². The fourth-order valence-corrected chi connectivity index (χ4v) is 3.27. The summed E-state index contributed by atoms with van der Waals surface area (Å²) in [6.07, 6.45) is 4.96. The first-order valence-electron chi connectivity index (χ1n) is 9.01. The molecule has 0 amide bonds. The highest BCUT2D eigenvalue weighted by Crippen LogP contribution is 2.17. The Balaban J connectivity index is 1.35. The summed E-state index contributed by atoms with van der Waals surface area (Å²) in [6, 6.07) is 9.85. The molecule has 3 rings (SSSR count). The third-order valence-electron chi connectivity index (χ3n) is 4.67. The molecule has 1 aliphatic heterocycles. The van der Waals surface area contributed by atoms with E-state index in [1.165, 1.54) is 0 Å². The summed E-state index contributed by atoms with van der Waals surface area (Å²) in [6.45, 7) is 3.46. The lowest BCUT2D eigenvalue weighted by Crippen LogP contribution is -2.39. The zero-order valence-corrected chi connectivity index (χ0v) is 14.4. The summed E-state index contributed by atoms with van der Waals surface area (Å²) < 4.78 is 0. The van der Waals surface area contributed by atoms with E-state index in [1.807, 2.05) is 30.3 Å². The number of carboxylic acids is 1. The molecule has 1 aromatic heterocycles. The number of aliphatic carboxylic acids is 1. The van der Waals surface area contributed by atoms with Crippen LogP contribution in [0.15, 0.2) is 30.3 Å². The number of benzene rings is 1. The largest absolute Gasteiger partial charge is 0.481 e. The summed E-state index contributed by atoms with van der Waals surface area (Å²) in [5.74, 6) is -0.186. The van der Waals surface area contributed by atoms with Crippen LogP contribution in [0.1, 0.15) is 32.1 Å². The quantitative estimate of drug-likeness (QED) is 0.741. The molecule has 2 aromatic rings. The molecular formula is C18H25N5O2. The van der Waals surface area contributed by atoms with Gasteiger partial charge in [0, 0.05) is 12.1 Å². The number of tetrazole rings is 1. The molecule has 1 atom stereocenters. The third-order valence-corrected chi connectivity index (χ3v) is 4.67. The van der Waals surface area contributed by atoms with Crippen LogP contribution in [-0.2, 0) is 11.3 Å². The van der Waals surface area contributed by atoms with Gasteiger partial charge in [-0.3, -0.25) is 4.79 Å². The lowest BCUT2D eigenvalue weighted by Gasteiger charge is -2.30. The molecule has 25 heavy (non-hydrogen) atoms. The zero-order chi connectivity index (χ0) is 17.5. The first-order valence-corrected chi connectivity index (χ1v) is 9.01. The number of unbranched alkanes of at least 4 members (excludes halogenated alkanes) is 2. The highest BCUT2D eigenvalue weighted by atomic mass is 16.4. The Labute approximate surface area is 147 Å². The van der Waals surface area contributed by atoms with Crippen molar-refractivity contribution < 1.29 is 9.90 Å². The summed E-state index contributed by atoms with van der Waals surface area (Å²) in [5.41, 5.74) is 0.979. The van der Waals surface area contributed by atoms with Crippen molar-refractivity contribution in [3.05, 3.63) is 30.3 Å². The van der Waals surface area contributed by atoms with E-state index >= 15 is 0 Å². The second-order valence-electron chi connectivity index (χ2n) is 6.61. The van der Waals surface area contributed by atoms with Crippen molar-refractivity contribution in [1.82, 2.24) is 25.1 Å². The first kappa shape index (κ1) is 17.5. The molecule has 1 aromatic carbocycles. The number of piperidine rings is 1. The van der Waals surface area contributed by atoms with E-state index < -0.39 is 5.97 Å². The summed E-state index contributed by atoms with van der Waals surface area (Å²) in [4.78, 5) is 15.0. The Morgan fingerprint density at radius 2 is 1.96 bits per heavy atom. The Bertz CT molecular complexity index is 673. The average Bonchev–Trinajstić information content (AvgIpc) is 3.11. The van der Waals surface area contributed by atoms with Gasteiger partial charge in [-0.05, 0) is 44.0 Å². The lowest BCUT2D eigenvalue weighted by atomic mass is 9.98. The highest BCUT2D eigenvalue weighted by molar-refractivity contribution is 5.70. The van der Waals surface area contributed by atoms with Crippen LogP contribution < -0.4 is 0 Å². The average molecular weight is 343 g/mol. The molecule has 134 valence electrons. The lowest BCUT2D eigenvalue weighted by molar-refractivity contribution is -0.143. The minimum Gasteiger partial charge on any atom is -0.481 e. The minimum atomic E-state index is -0.656. The van der Waals surface area contributed by atoms with Crippen molar-refractivity contribution in [2.45, 2.75) is 38.6 Å². The predicted molar refractivity (Wildman–Crippen MR) is 93.9 cm³/mol. The van der Waals surface area contributed by atoms with Crippen LogP contribution >= 0.6 is 0 Å². The van der Waals surface area contributed by atoms with Crippen molar-refractivity contribution in [3.63, 3.8) is 0 Å². The van der Waals surface area contributed by atoms with E-state index in [-0.39, 0.29) is 5.92 Å². The van der Waals surface area contributed by atoms with Crippen LogP contribution in [0, 0.1) is 5.92 Å². The van der Waals surface area contributed by atoms with Gasteiger partial charge in [0.05, 0.1) is 12.5 Å². The van der Waals surface area contributed by atoms with E-state index in [2.05, 4.69) is 20.3 Å². The molecule has 1 aliphatic rings. The maximum atomic E-state index is 11.1. The van der Waals surface area contributed by atoms with Gasteiger partial charge in [0.1, 0.15) is 0 Å². The molecule has 7 heteroatoms. The molecule has 2 heterocycles. The Hall–Kier alpha value is -2.28. The third kappa shape index (κ3) is 5.09. The molecule has 1 N–H and O–H groups in total. The maximum Gasteiger partial charge on any atom is 0.307 e. The van der Waals surface area contributed by atoms with E-state index in [0.717, 1.165) is 57.3 Å². The summed E-state index contributed by atoms with van der Waals surface area (Å²) >= 11 is 0. The minimum absolute atomic E-state index is 0.190. The van der Waals surface area contributed by atoms with Gasteiger partial charge >= 0.3 is 5.97 Å². The van der Waals surface area contributed by atoms with Crippen molar-refractivity contribution in [1.29, 1.82) is 0 Å². The molecule has 1 saturated heterocycles. The molecule has 0 aliphatic carbocycles. The zero-order valence-electron chi connectivity index (χ0n) is 14.4. The van der Waals surface area contributed by atoms with Crippen LogP contribution in [-0.4, -0.2) is 55.8 Å². The Morgan fingerprint density at radius 1 is 1.16 bits per heavy atom. The number of nitrogens with zero attached hydrogens (tertiary/aromatic N) is 5. The predicted octanol–water partition coefficient (Wildman–Crippen LogP) is 2.31. The van der Waals surface area contributed by atoms with Gasteiger partial charge in [0.15, 0.2) is 0 Å². The topological polar surface area (TPSA) is 84.1 Å². The molecule has 7 nitrogen and oxygen atoms in total. The molecule has 0 bridgehead atoms. The first-order chi connectivity index (χ1) is 12.2. The summed E-state index contributed by atoms with van der Waals surface area (Å²) in [5, 5.41) is 21.8. The number of carbonyl (C=O) groups is 1. The number of hydrogen-bond donors (Lipinski definition) is 1. The molecule has 0 spiro atoms. The number of rotatable bonds is 8. The van der Waals surface area contributed by atoms with Crippen molar-refractivity contribution in [3.8, 4) is 11.4 Å². The van der Waals surface area contributed by atoms with Crippen molar-refractivity contribution >= 4 is 5.97 Å². The van der Waals surface area contributed by atoms with Crippen molar-refractivity contribution in [2.75, 3.05) is 19.6 Å². The number of likely N-dealkylation sites (tertiary alicyclic amines) is 1.